The van der Waals surface area contributed by atoms with E-state index in [-0.39, 0.29) is 0 Å². The highest BCUT2D eigenvalue weighted by Gasteiger charge is 2.34. The number of para-hydroxylation sites is 2. The molecule has 2 fully saturated rings. The molecule has 0 radical (unpaired) electrons. The fourth-order valence-corrected chi connectivity index (χ4v) is 3.47. The molecule has 1 saturated heterocycles. The number of nitrogens with one attached hydrogen (secondary N) is 2. The van der Waals surface area contributed by atoms with Gasteiger partial charge in [0.1, 0.15) is 5.75 Å². The van der Waals surface area contributed by atoms with Crippen LogP contribution in [-0.2, 0) is 0 Å². The van der Waals surface area contributed by atoms with Crippen LogP contribution in [0.25, 0.3) is 0 Å². The van der Waals surface area contributed by atoms with Crippen molar-refractivity contribution < 1.29 is 9.84 Å². The lowest BCUT2D eigenvalue weighted by Crippen LogP contribution is -2.46. The Morgan fingerprint density at radius 1 is 1.40 bits per heavy atom. The predicted molar refractivity (Wildman–Crippen MR) is 102 cm³/mol. The van der Waals surface area contributed by atoms with E-state index >= 15 is 0 Å². The van der Waals surface area contributed by atoms with E-state index in [2.05, 4.69) is 33.5 Å². The minimum absolute atomic E-state index is 0.332. The van der Waals surface area contributed by atoms with Crippen LogP contribution in [0.15, 0.2) is 29.3 Å². The topological polar surface area (TPSA) is 69.1 Å². The summed E-state index contributed by atoms with van der Waals surface area (Å²) in [6, 6.07) is 8.48. The lowest BCUT2D eigenvalue weighted by atomic mass is 9.80. The number of guanidine groups is 1. The summed E-state index contributed by atoms with van der Waals surface area (Å²) in [4.78, 5) is 6.95. The standard InChI is InChI=1S/C19H30N4O2/c1-3-20-18(21-14-19(24)10-6-11-19)22-15-9-12-23(13-15)16-7-4-5-8-17(16)25-2/h4-5,7-8,15,24H,3,6,9-14H2,1-2H3,(H2,20,21,22). The number of hydrogen-bond acceptors (Lipinski definition) is 4. The van der Waals surface area contributed by atoms with E-state index in [0.717, 1.165) is 62.7 Å². The molecule has 1 atom stereocenters. The third-order valence-electron chi connectivity index (χ3n) is 5.11. The highest BCUT2D eigenvalue weighted by molar-refractivity contribution is 5.80. The van der Waals surface area contributed by atoms with Crippen LogP contribution in [-0.4, -0.2) is 56.0 Å². The second-order valence-corrected chi connectivity index (χ2v) is 7.02. The van der Waals surface area contributed by atoms with Gasteiger partial charge in [-0.25, -0.2) is 0 Å². The number of rotatable bonds is 6. The summed E-state index contributed by atoms with van der Waals surface area (Å²) < 4.78 is 5.48. The molecule has 0 amide bonds. The first-order valence-corrected chi connectivity index (χ1v) is 9.29. The van der Waals surface area contributed by atoms with E-state index in [4.69, 9.17) is 4.74 Å². The number of ether oxygens (including phenoxy) is 1. The van der Waals surface area contributed by atoms with Gasteiger partial charge in [-0.1, -0.05) is 12.1 Å². The summed E-state index contributed by atoms with van der Waals surface area (Å²) in [5, 5.41) is 17.1. The number of nitrogens with zero attached hydrogens (tertiary/aromatic N) is 2. The molecule has 6 heteroatoms. The van der Waals surface area contributed by atoms with Gasteiger partial charge in [-0.2, -0.15) is 0 Å². The summed E-state index contributed by atoms with van der Waals surface area (Å²) in [6.07, 6.45) is 3.88. The second-order valence-electron chi connectivity index (χ2n) is 7.02. The molecule has 138 valence electrons. The molecule has 3 rings (SSSR count). The summed E-state index contributed by atoms with van der Waals surface area (Å²) >= 11 is 0. The lowest BCUT2D eigenvalue weighted by Gasteiger charge is -2.35. The van der Waals surface area contributed by atoms with Gasteiger partial charge in [0.25, 0.3) is 0 Å². The number of anilines is 1. The highest BCUT2D eigenvalue weighted by Crippen LogP contribution is 2.32. The van der Waals surface area contributed by atoms with Crippen molar-refractivity contribution in [2.75, 3.05) is 38.2 Å². The first-order chi connectivity index (χ1) is 12.1. The third-order valence-corrected chi connectivity index (χ3v) is 5.11. The molecule has 0 aromatic heterocycles. The van der Waals surface area contributed by atoms with Crippen LogP contribution in [0.4, 0.5) is 5.69 Å². The van der Waals surface area contributed by atoms with E-state index in [1.54, 1.807) is 7.11 Å². The van der Waals surface area contributed by atoms with Crippen molar-refractivity contribution in [1.29, 1.82) is 0 Å². The smallest absolute Gasteiger partial charge is 0.191 e. The Balaban J connectivity index is 1.59. The number of hydrogen-bond donors (Lipinski definition) is 3. The lowest BCUT2D eigenvalue weighted by molar-refractivity contribution is -0.0236. The average molecular weight is 346 g/mol. The van der Waals surface area contributed by atoms with Gasteiger partial charge in [0.2, 0.25) is 0 Å². The van der Waals surface area contributed by atoms with E-state index in [0.29, 0.717) is 12.6 Å². The van der Waals surface area contributed by atoms with Crippen LogP contribution in [0.1, 0.15) is 32.6 Å². The fourth-order valence-electron chi connectivity index (χ4n) is 3.47. The maximum absolute atomic E-state index is 10.3. The Labute approximate surface area is 150 Å². The fraction of sp³-hybridized carbons (Fsp3) is 0.632. The molecule has 2 aliphatic rings. The Hall–Kier alpha value is -1.95. The molecule has 6 nitrogen and oxygen atoms in total. The molecule has 1 heterocycles. The molecule has 0 spiro atoms. The van der Waals surface area contributed by atoms with Crippen LogP contribution in [0.5, 0.6) is 5.75 Å². The Bertz CT molecular complexity index is 601. The molecule has 1 saturated carbocycles. The molecule has 3 N–H and O–H groups in total. The van der Waals surface area contributed by atoms with Crippen molar-refractivity contribution in [1.82, 2.24) is 10.6 Å². The van der Waals surface area contributed by atoms with Gasteiger partial charge < -0.3 is 25.4 Å². The Morgan fingerprint density at radius 3 is 2.88 bits per heavy atom. The molecular weight excluding hydrogens is 316 g/mol. The molecule has 1 aromatic rings. The van der Waals surface area contributed by atoms with Crippen molar-refractivity contribution >= 4 is 11.6 Å². The SMILES string of the molecule is CCNC(=NCC1(O)CCC1)NC1CCN(c2ccccc2OC)C1. The summed E-state index contributed by atoms with van der Waals surface area (Å²) in [7, 11) is 1.71. The van der Waals surface area contributed by atoms with E-state index < -0.39 is 5.60 Å². The molecule has 25 heavy (non-hydrogen) atoms. The average Bonchev–Trinajstić information content (AvgIpc) is 3.06. The van der Waals surface area contributed by atoms with Gasteiger partial charge in [-0.05, 0) is 44.7 Å². The summed E-state index contributed by atoms with van der Waals surface area (Å²) in [6.45, 7) is 5.25. The van der Waals surface area contributed by atoms with Gasteiger partial charge in [0.15, 0.2) is 5.96 Å². The highest BCUT2D eigenvalue weighted by atomic mass is 16.5. The van der Waals surface area contributed by atoms with Crippen molar-refractivity contribution in [3.63, 3.8) is 0 Å². The maximum atomic E-state index is 10.3. The van der Waals surface area contributed by atoms with Crippen molar-refractivity contribution in [3.05, 3.63) is 24.3 Å². The summed E-state index contributed by atoms with van der Waals surface area (Å²) in [5.41, 5.74) is 0.557. The zero-order valence-electron chi connectivity index (χ0n) is 15.3. The first-order valence-electron chi connectivity index (χ1n) is 9.29. The third kappa shape index (κ3) is 4.37. The second kappa shape index (κ2) is 7.95. The molecular formula is C19H30N4O2. The molecule has 1 aliphatic carbocycles. The minimum atomic E-state index is -0.582. The van der Waals surface area contributed by atoms with Gasteiger partial charge in [-0.15, -0.1) is 0 Å². The van der Waals surface area contributed by atoms with Crippen LogP contribution >= 0.6 is 0 Å². The van der Waals surface area contributed by atoms with Crippen molar-refractivity contribution in [2.24, 2.45) is 4.99 Å². The first kappa shape index (κ1) is 17.9. The van der Waals surface area contributed by atoms with Crippen LogP contribution in [0.3, 0.4) is 0 Å². The maximum Gasteiger partial charge on any atom is 0.191 e. The molecule has 1 aromatic carbocycles. The molecule has 1 aliphatic heterocycles. The Kier molecular flexibility index (Phi) is 5.68. The largest absolute Gasteiger partial charge is 0.495 e. The van der Waals surface area contributed by atoms with Gasteiger partial charge >= 0.3 is 0 Å². The van der Waals surface area contributed by atoms with Crippen LogP contribution < -0.4 is 20.3 Å². The normalized spacial score (nSPS) is 22.4. The molecule has 1 unspecified atom stereocenters. The zero-order valence-corrected chi connectivity index (χ0v) is 15.3. The van der Waals surface area contributed by atoms with E-state index in [9.17, 15) is 5.11 Å². The van der Waals surface area contributed by atoms with Gasteiger partial charge in [0, 0.05) is 25.7 Å². The van der Waals surface area contributed by atoms with Crippen LogP contribution in [0, 0.1) is 0 Å². The number of aliphatic imine (C=N–C) groups is 1. The molecule has 0 bridgehead atoms. The number of methoxy groups -OCH3 is 1. The monoisotopic (exact) mass is 346 g/mol. The minimum Gasteiger partial charge on any atom is -0.495 e. The quantitative estimate of drug-likeness (QED) is 0.541. The van der Waals surface area contributed by atoms with E-state index in [1.165, 1.54) is 0 Å². The van der Waals surface area contributed by atoms with Crippen molar-refractivity contribution in [3.8, 4) is 5.75 Å². The zero-order chi connectivity index (χ0) is 17.7. The summed E-state index contributed by atoms with van der Waals surface area (Å²) in [5.74, 6) is 1.71. The Morgan fingerprint density at radius 2 is 2.20 bits per heavy atom. The van der Waals surface area contributed by atoms with Crippen molar-refractivity contribution in [2.45, 2.75) is 44.2 Å². The van der Waals surface area contributed by atoms with Gasteiger partial charge in [0.05, 0.1) is 24.9 Å². The van der Waals surface area contributed by atoms with E-state index in [1.807, 2.05) is 18.2 Å². The van der Waals surface area contributed by atoms with Gasteiger partial charge in [-0.3, -0.25) is 4.99 Å². The van der Waals surface area contributed by atoms with Crippen LogP contribution in [0.2, 0.25) is 0 Å². The number of aliphatic hydroxyl groups is 1. The number of benzene rings is 1. The predicted octanol–water partition coefficient (Wildman–Crippen LogP) is 1.74.